The molecule has 2 heteroatoms. The van der Waals surface area contributed by atoms with Crippen molar-refractivity contribution >= 4 is 5.78 Å². The van der Waals surface area contributed by atoms with E-state index in [1.807, 2.05) is 12.1 Å². The lowest BCUT2D eigenvalue weighted by Crippen LogP contribution is -2.43. The lowest BCUT2D eigenvalue weighted by molar-refractivity contribution is -0.131. The summed E-state index contributed by atoms with van der Waals surface area (Å²) in [6.07, 6.45) is 1.51. The quantitative estimate of drug-likeness (QED) is 0.836. The van der Waals surface area contributed by atoms with Gasteiger partial charge in [-0.25, -0.2) is 0 Å². The maximum atomic E-state index is 12.7. The molecular weight excluding hydrogens is 270 g/mol. The van der Waals surface area contributed by atoms with E-state index >= 15 is 0 Å². The number of piperidine rings is 1. The summed E-state index contributed by atoms with van der Waals surface area (Å²) >= 11 is 0. The second-order valence-corrected chi connectivity index (χ2v) is 6.13. The van der Waals surface area contributed by atoms with Crippen molar-refractivity contribution in [1.29, 1.82) is 0 Å². The fourth-order valence-corrected chi connectivity index (χ4v) is 3.74. The third-order valence-corrected chi connectivity index (χ3v) is 4.88. The van der Waals surface area contributed by atoms with Crippen LogP contribution in [0.2, 0.25) is 0 Å². The molecule has 1 fully saturated rings. The molecule has 3 rings (SSSR count). The van der Waals surface area contributed by atoms with Crippen molar-refractivity contribution in [2.75, 3.05) is 7.05 Å². The minimum Gasteiger partial charge on any atom is -0.299 e. The second kappa shape index (κ2) is 6.45. The van der Waals surface area contributed by atoms with Crippen molar-refractivity contribution in [1.82, 2.24) is 4.90 Å². The Morgan fingerprint density at radius 1 is 0.955 bits per heavy atom. The molecule has 1 aliphatic heterocycles. The Kier molecular flexibility index (Phi) is 4.39. The van der Waals surface area contributed by atoms with Gasteiger partial charge in [0.2, 0.25) is 0 Å². The molecule has 0 saturated carbocycles. The van der Waals surface area contributed by atoms with Crippen LogP contribution in [0.25, 0.3) is 0 Å². The van der Waals surface area contributed by atoms with E-state index in [2.05, 4.69) is 67.4 Å². The largest absolute Gasteiger partial charge is 0.299 e. The lowest BCUT2D eigenvalue weighted by Gasteiger charge is -2.44. The van der Waals surface area contributed by atoms with Gasteiger partial charge >= 0.3 is 0 Å². The zero-order chi connectivity index (χ0) is 15.5. The van der Waals surface area contributed by atoms with E-state index in [-0.39, 0.29) is 18.0 Å². The Bertz CT molecular complexity index is 623. The molecule has 0 bridgehead atoms. The molecule has 0 aliphatic carbocycles. The molecule has 2 nitrogen and oxygen atoms in total. The van der Waals surface area contributed by atoms with Crippen molar-refractivity contribution in [2.45, 2.75) is 31.8 Å². The zero-order valence-corrected chi connectivity index (χ0v) is 13.3. The number of likely N-dealkylation sites (tertiary alicyclic amines) is 1. The van der Waals surface area contributed by atoms with E-state index in [9.17, 15) is 4.79 Å². The Morgan fingerprint density at radius 2 is 1.50 bits per heavy atom. The molecule has 1 aliphatic rings. The first-order valence-corrected chi connectivity index (χ1v) is 8.07. The van der Waals surface area contributed by atoms with Gasteiger partial charge in [-0.3, -0.25) is 9.69 Å². The lowest BCUT2D eigenvalue weighted by atomic mass is 9.78. The summed E-state index contributed by atoms with van der Waals surface area (Å²) in [5.74, 6) is 0.482. The molecule has 22 heavy (non-hydrogen) atoms. The molecular formula is C20H23NO. The first-order chi connectivity index (χ1) is 10.7. The molecule has 0 amide bonds. The van der Waals surface area contributed by atoms with E-state index in [1.54, 1.807) is 0 Å². The van der Waals surface area contributed by atoms with Crippen molar-refractivity contribution in [2.24, 2.45) is 5.92 Å². The highest BCUT2D eigenvalue weighted by Crippen LogP contribution is 2.43. The van der Waals surface area contributed by atoms with Crippen LogP contribution in [0.5, 0.6) is 0 Å². The summed E-state index contributed by atoms with van der Waals surface area (Å²) < 4.78 is 0. The van der Waals surface area contributed by atoms with Crippen molar-refractivity contribution in [3.8, 4) is 0 Å². The highest BCUT2D eigenvalue weighted by Gasteiger charge is 2.40. The van der Waals surface area contributed by atoms with Crippen LogP contribution in [-0.2, 0) is 4.79 Å². The van der Waals surface area contributed by atoms with E-state index in [0.29, 0.717) is 12.2 Å². The zero-order valence-electron chi connectivity index (χ0n) is 13.3. The van der Waals surface area contributed by atoms with Gasteiger partial charge in [0, 0.05) is 24.4 Å². The molecule has 2 aromatic carbocycles. The third kappa shape index (κ3) is 2.71. The van der Waals surface area contributed by atoms with E-state index in [0.717, 1.165) is 6.42 Å². The highest BCUT2D eigenvalue weighted by atomic mass is 16.1. The van der Waals surface area contributed by atoms with Crippen LogP contribution in [0.15, 0.2) is 60.7 Å². The van der Waals surface area contributed by atoms with Gasteiger partial charge in [0.1, 0.15) is 5.78 Å². The second-order valence-electron chi connectivity index (χ2n) is 6.13. The molecule has 1 heterocycles. The van der Waals surface area contributed by atoms with Crippen LogP contribution in [0.1, 0.15) is 43.0 Å². The smallest absolute Gasteiger partial charge is 0.139 e. The molecule has 3 atom stereocenters. The third-order valence-electron chi connectivity index (χ3n) is 4.88. The van der Waals surface area contributed by atoms with Crippen LogP contribution in [-0.4, -0.2) is 17.7 Å². The van der Waals surface area contributed by atoms with Crippen LogP contribution in [0.4, 0.5) is 0 Å². The number of Topliss-reactive ketones (excluding diaryl/α,β-unsaturated/α-hetero) is 1. The average Bonchev–Trinajstić information content (AvgIpc) is 2.57. The van der Waals surface area contributed by atoms with Crippen molar-refractivity contribution < 1.29 is 4.79 Å². The minimum atomic E-state index is 0.0902. The number of hydrogen-bond donors (Lipinski definition) is 0. The molecule has 0 aromatic heterocycles. The Morgan fingerprint density at radius 3 is 2.05 bits per heavy atom. The van der Waals surface area contributed by atoms with Crippen molar-refractivity contribution in [3.63, 3.8) is 0 Å². The normalized spacial score (nSPS) is 26.1. The number of benzene rings is 2. The van der Waals surface area contributed by atoms with Crippen LogP contribution in [0, 0.1) is 5.92 Å². The summed E-state index contributed by atoms with van der Waals surface area (Å²) in [6, 6.07) is 21.2. The summed E-state index contributed by atoms with van der Waals surface area (Å²) in [4.78, 5) is 15.1. The molecule has 1 saturated heterocycles. The summed E-state index contributed by atoms with van der Waals surface area (Å²) in [6.45, 7) is 2.12. The van der Waals surface area contributed by atoms with Gasteiger partial charge in [0.15, 0.2) is 0 Å². The fraction of sp³-hybridized carbons (Fsp3) is 0.350. The molecule has 114 valence electrons. The van der Waals surface area contributed by atoms with Crippen molar-refractivity contribution in [3.05, 3.63) is 71.8 Å². The number of nitrogens with zero attached hydrogens (tertiary/aromatic N) is 1. The number of carbonyl (C=O) groups is 1. The molecule has 2 aromatic rings. The monoisotopic (exact) mass is 293 g/mol. The van der Waals surface area contributed by atoms with Crippen LogP contribution >= 0.6 is 0 Å². The topological polar surface area (TPSA) is 20.3 Å². The highest BCUT2D eigenvalue weighted by molar-refractivity contribution is 5.83. The Balaban J connectivity index is 1.99. The minimum absolute atomic E-state index is 0.0902. The summed E-state index contributed by atoms with van der Waals surface area (Å²) in [5, 5.41) is 0. The molecule has 0 spiro atoms. The van der Waals surface area contributed by atoms with E-state index in [1.165, 1.54) is 11.1 Å². The van der Waals surface area contributed by atoms with Gasteiger partial charge in [-0.05, 0) is 24.6 Å². The first kappa shape index (κ1) is 15.0. The summed E-state index contributed by atoms with van der Waals surface area (Å²) in [7, 11) is 2.16. The summed E-state index contributed by atoms with van der Waals surface area (Å²) in [5.41, 5.74) is 2.47. The molecule has 0 N–H and O–H groups in total. The maximum absolute atomic E-state index is 12.7. The SMILES string of the molecule is CC[C@H]1C(=O)C[C@H](c2ccccc2)N(C)[C@@H]1c1ccccc1. The number of ketones is 1. The fourth-order valence-electron chi connectivity index (χ4n) is 3.74. The number of carbonyl (C=O) groups excluding carboxylic acids is 1. The standard InChI is InChI=1S/C20H23NO/c1-3-17-19(22)14-18(15-10-6-4-7-11-15)21(2)20(17)16-12-8-5-9-13-16/h4-13,17-18,20H,3,14H2,1-2H3/t17-,18+,20+/m0/s1. The predicted molar refractivity (Wildman–Crippen MR) is 89.5 cm³/mol. The van der Waals surface area contributed by atoms with E-state index in [4.69, 9.17) is 0 Å². The Hall–Kier alpha value is -1.93. The molecule has 0 radical (unpaired) electrons. The van der Waals surface area contributed by atoms with Crippen LogP contribution < -0.4 is 0 Å². The predicted octanol–water partition coefficient (Wildman–Crippen LogP) is 4.40. The molecule has 0 unspecified atom stereocenters. The number of hydrogen-bond acceptors (Lipinski definition) is 2. The maximum Gasteiger partial charge on any atom is 0.139 e. The van der Waals surface area contributed by atoms with E-state index < -0.39 is 0 Å². The van der Waals surface area contributed by atoms with Gasteiger partial charge < -0.3 is 0 Å². The van der Waals surface area contributed by atoms with Gasteiger partial charge in [-0.15, -0.1) is 0 Å². The number of rotatable bonds is 3. The Labute approximate surface area is 132 Å². The first-order valence-electron chi connectivity index (χ1n) is 8.07. The van der Waals surface area contributed by atoms with Gasteiger partial charge in [-0.2, -0.15) is 0 Å². The van der Waals surface area contributed by atoms with Gasteiger partial charge in [0.05, 0.1) is 0 Å². The van der Waals surface area contributed by atoms with Gasteiger partial charge in [-0.1, -0.05) is 67.6 Å². The van der Waals surface area contributed by atoms with Gasteiger partial charge in [0.25, 0.3) is 0 Å². The van der Waals surface area contributed by atoms with Crippen LogP contribution in [0.3, 0.4) is 0 Å². The average molecular weight is 293 g/mol.